The number of rotatable bonds is 9. The van der Waals surface area contributed by atoms with E-state index in [0.29, 0.717) is 5.95 Å². The molecule has 0 aliphatic heterocycles. The molecule has 0 saturated carbocycles. The van der Waals surface area contributed by atoms with Crippen molar-refractivity contribution in [2.24, 2.45) is 5.92 Å². The lowest BCUT2D eigenvalue weighted by atomic mass is 9.99. The van der Waals surface area contributed by atoms with Crippen LogP contribution in [0, 0.1) is 12.8 Å². The zero-order valence-electron chi connectivity index (χ0n) is 12.8. The number of nitrogens with zero attached hydrogens (tertiary/aromatic N) is 2. The Labute approximate surface area is 117 Å². The van der Waals surface area contributed by atoms with E-state index in [0.717, 1.165) is 30.4 Å². The second-order valence-corrected chi connectivity index (χ2v) is 5.05. The topological polar surface area (TPSA) is 49.8 Å². The van der Waals surface area contributed by atoms with Crippen molar-refractivity contribution in [1.82, 2.24) is 9.97 Å². The summed E-state index contributed by atoms with van der Waals surface area (Å²) in [6, 6.07) is 0. The Morgan fingerprint density at radius 1 is 1.21 bits per heavy atom. The maximum Gasteiger partial charge on any atom is 0.224 e. The highest BCUT2D eigenvalue weighted by molar-refractivity contribution is 5.46. The van der Waals surface area contributed by atoms with E-state index in [1.165, 1.54) is 25.7 Å². The molecule has 4 nitrogen and oxygen atoms in total. The van der Waals surface area contributed by atoms with Crippen molar-refractivity contribution < 1.29 is 0 Å². The molecule has 0 spiro atoms. The number of aryl methyl sites for hydroxylation is 1. The lowest BCUT2D eigenvalue weighted by Gasteiger charge is -2.17. The number of hydrogen-bond acceptors (Lipinski definition) is 4. The van der Waals surface area contributed by atoms with Crippen LogP contribution in [-0.2, 0) is 0 Å². The smallest absolute Gasteiger partial charge is 0.224 e. The Bertz CT molecular complexity index is 365. The number of nitrogens with one attached hydrogen (secondary N) is 2. The van der Waals surface area contributed by atoms with E-state index in [9.17, 15) is 0 Å². The zero-order chi connectivity index (χ0) is 14.1. The second kappa shape index (κ2) is 8.73. The molecule has 0 saturated heterocycles. The first-order valence-corrected chi connectivity index (χ1v) is 7.52. The van der Waals surface area contributed by atoms with Crippen LogP contribution in [0.1, 0.15) is 52.0 Å². The van der Waals surface area contributed by atoms with Gasteiger partial charge in [-0.1, -0.05) is 33.1 Å². The highest BCUT2D eigenvalue weighted by atomic mass is 15.1. The SMILES string of the molecule is CCCCC(CC)CNc1nc(NCC)ncc1C. The van der Waals surface area contributed by atoms with Gasteiger partial charge in [0.25, 0.3) is 0 Å². The third kappa shape index (κ3) is 5.45. The Morgan fingerprint density at radius 3 is 2.63 bits per heavy atom. The van der Waals surface area contributed by atoms with Crippen LogP contribution in [0.4, 0.5) is 11.8 Å². The number of unbranched alkanes of at least 4 members (excludes halogenated alkanes) is 1. The van der Waals surface area contributed by atoms with E-state index in [2.05, 4.69) is 34.4 Å². The van der Waals surface area contributed by atoms with Gasteiger partial charge >= 0.3 is 0 Å². The number of hydrogen-bond donors (Lipinski definition) is 2. The Morgan fingerprint density at radius 2 is 2.00 bits per heavy atom. The summed E-state index contributed by atoms with van der Waals surface area (Å²) in [6.45, 7) is 10.5. The summed E-state index contributed by atoms with van der Waals surface area (Å²) >= 11 is 0. The summed E-state index contributed by atoms with van der Waals surface area (Å²) in [4.78, 5) is 8.78. The van der Waals surface area contributed by atoms with Crippen molar-refractivity contribution in [2.75, 3.05) is 23.7 Å². The van der Waals surface area contributed by atoms with E-state index in [4.69, 9.17) is 0 Å². The molecule has 0 aromatic carbocycles. The van der Waals surface area contributed by atoms with Crippen LogP contribution in [0.3, 0.4) is 0 Å². The molecule has 19 heavy (non-hydrogen) atoms. The molecule has 0 amide bonds. The largest absolute Gasteiger partial charge is 0.369 e. The Kier molecular flexibility index (Phi) is 7.23. The second-order valence-electron chi connectivity index (χ2n) is 5.05. The molecule has 1 aromatic heterocycles. The monoisotopic (exact) mass is 264 g/mol. The van der Waals surface area contributed by atoms with Gasteiger partial charge in [0, 0.05) is 24.8 Å². The van der Waals surface area contributed by atoms with Gasteiger partial charge in [-0.3, -0.25) is 0 Å². The first kappa shape index (κ1) is 15.7. The fourth-order valence-corrected chi connectivity index (χ4v) is 2.05. The summed E-state index contributed by atoms with van der Waals surface area (Å²) in [5.74, 6) is 2.40. The molecule has 0 bridgehead atoms. The highest BCUT2D eigenvalue weighted by Crippen LogP contribution is 2.16. The number of aromatic nitrogens is 2. The van der Waals surface area contributed by atoms with Gasteiger partial charge in [-0.2, -0.15) is 4.98 Å². The van der Waals surface area contributed by atoms with Crippen molar-refractivity contribution >= 4 is 11.8 Å². The van der Waals surface area contributed by atoms with E-state index < -0.39 is 0 Å². The lowest BCUT2D eigenvalue weighted by Crippen LogP contribution is -2.16. The van der Waals surface area contributed by atoms with Crippen LogP contribution in [-0.4, -0.2) is 23.1 Å². The molecule has 0 radical (unpaired) electrons. The summed E-state index contributed by atoms with van der Waals surface area (Å²) in [6.07, 6.45) is 6.97. The normalized spacial score (nSPS) is 12.2. The Hall–Kier alpha value is -1.32. The van der Waals surface area contributed by atoms with Gasteiger partial charge < -0.3 is 10.6 Å². The van der Waals surface area contributed by atoms with Crippen LogP contribution in [0.2, 0.25) is 0 Å². The lowest BCUT2D eigenvalue weighted by molar-refractivity contribution is 0.472. The van der Waals surface area contributed by atoms with Gasteiger partial charge in [-0.15, -0.1) is 0 Å². The van der Waals surface area contributed by atoms with Crippen molar-refractivity contribution in [2.45, 2.75) is 53.4 Å². The highest BCUT2D eigenvalue weighted by Gasteiger charge is 2.08. The minimum absolute atomic E-state index is 0.706. The minimum atomic E-state index is 0.706. The first-order valence-electron chi connectivity index (χ1n) is 7.52. The molecule has 1 rings (SSSR count). The van der Waals surface area contributed by atoms with Gasteiger partial charge in [0.15, 0.2) is 0 Å². The number of anilines is 2. The molecule has 2 N–H and O–H groups in total. The molecule has 4 heteroatoms. The minimum Gasteiger partial charge on any atom is -0.369 e. The van der Waals surface area contributed by atoms with Crippen molar-refractivity contribution in [3.63, 3.8) is 0 Å². The van der Waals surface area contributed by atoms with Crippen LogP contribution < -0.4 is 10.6 Å². The van der Waals surface area contributed by atoms with Crippen LogP contribution >= 0.6 is 0 Å². The van der Waals surface area contributed by atoms with Gasteiger partial charge in [0.2, 0.25) is 5.95 Å². The quantitative estimate of drug-likeness (QED) is 0.711. The van der Waals surface area contributed by atoms with E-state index >= 15 is 0 Å². The fraction of sp³-hybridized carbons (Fsp3) is 0.733. The van der Waals surface area contributed by atoms with Gasteiger partial charge in [-0.05, 0) is 26.2 Å². The standard InChI is InChI=1S/C15H28N4/c1-5-8-9-13(6-2)11-17-14-12(4)10-18-15(19-14)16-7-3/h10,13H,5-9,11H2,1-4H3,(H2,16,17,18,19). The molecular weight excluding hydrogens is 236 g/mol. The third-order valence-electron chi connectivity index (χ3n) is 3.41. The maximum absolute atomic E-state index is 4.52. The van der Waals surface area contributed by atoms with E-state index in [1.54, 1.807) is 0 Å². The van der Waals surface area contributed by atoms with Gasteiger partial charge in [0.05, 0.1) is 0 Å². The summed E-state index contributed by atoms with van der Waals surface area (Å²) in [5.41, 5.74) is 1.10. The maximum atomic E-state index is 4.52. The third-order valence-corrected chi connectivity index (χ3v) is 3.41. The molecule has 1 heterocycles. The first-order chi connectivity index (χ1) is 9.21. The molecule has 0 fully saturated rings. The molecule has 1 unspecified atom stereocenters. The average molecular weight is 264 g/mol. The van der Waals surface area contributed by atoms with Crippen molar-refractivity contribution in [3.05, 3.63) is 11.8 Å². The van der Waals surface area contributed by atoms with Gasteiger partial charge in [-0.25, -0.2) is 4.98 Å². The predicted octanol–water partition coefficient (Wildman–Crippen LogP) is 3.85. The predicted molar refractivity (Wildman–Crippen MR) is 82.7 cm³/mol. The summed E-state index contributed by atoms with van der Waals surface area (Å²) < 4.78 is 0. The Balaban J connectivity index is 2.57. The molecule has 1 atom stereocenters. The molecular formula is C15H28N4. The van der Waals surface area contributed by atoms with Crippen LogP contribution in [0.25, 0.3) is 0 Å². The van der Waals surface area contributed by atoms with Crippen LogP contribution in [0.5, 0.6) is 0 Å². The zero-order valence-corrected chi connectivity index (χ0v) is 12.8. The fourth-order valence-electron chi connectivity index (χ4n) is 2.05. The van der Waals surface area contributed by atoms with E-state index in [1.807, 2.05) is 20.0 Å². The average Bonchev–Trinajstić information content (AvgIpc) is 2.42. The summed E-state index contributed by atoms with van der Waals surface area (Å²) in [7, 11) is 0. The van der Waals surface area contributed by atoms with Crippen LogP contribution in [0.15, 0.2) is 6.20 Å². The van der Waals surface area contributed by atoms with Gasteiger partial charge in [0.1, 0.15) is 5.82 Å². The van der Waals surface area contributed by atoms with Crippen molar-refractivity contribution in [1.29, 1.82) is 0 Å². The van der Waals surface area contributed by atoms with Crippen molar-refractivity contribution in [3.8, 4) is 0 Å². The summed E-state index contributed by atoms with van der Waals surface area (Å²) in [5, 5.41) is 6.63. The molecule has 1 aromatic rings. The molecule has 0 aliphatic rings. The molecule has 108 valence electrons. The molecule has 0 aliphatic carbocycles. The van der Waals surface area contributed by atoms with E-state index in [-0.39, 0.29) is 0 Å².